The Morgan fingerprint density at radius 3 is 1.64 bits per heavy atom. The number of hydrogen-bond acceptors (Lipinski definition) is 1. The summed E-state index contributed by atoms with van der Waals surface area (Å²) in [6.07, 6.45) is 0. The zero-order valence-electron chi connectivity index (χ0n) is 8.36. The van der Waals surface area contributed by atoms with E-state index in [9.17, 15) is 0 Å². The van der Waals surface area contributed by atoms with Crippen molar-refractivity contribution in [2.24, 2.45) is 5.41 Å². The third kappa shape index (κ3) is 3.26. The van der Waals surface area contributed by atoms with E-state index in [0.29, 0.717) is 4.83 Å². The lowest BCUT2D eigenvalue weighted by Crippen LogP contribution is -2.42. The van der Waals surface area contributed by atoms with Gasteiger partial charge in [-0.25, -0.2) is 0 Å². The predicted octanol–water partition coefficient (Wildman–Crippen LogP) is 1.87. The van der Waals surface area contributed by atoms with Crippen LogP contribution >= 0.6 is 15.9 Å². The van der Waals surface area contributed by atoms with Gasteiger partial charge in [-0.05, 0) is 19.3 Å². The molecule has 11 heavy (non-hydrogen) atoms. The topological polar surface area (TPSA) is 9.23 Å². The molecule has 0 amide bonds. The molecule has 0 rings (SSSR count). The van der Waals surface area contributed by atoms with Gasteiger partial charge in [0.25, 0.3) is 0 Å². The fourth-order valence-electron chi connectivity index (χ4n) is 1.15. The minimum atomic E-state index is -0.0372. The number of rotatable bonds is 2. The molecule has 0 aromatic rings. The molecule has 0 aliphatic carbocycles. The first kappa shape index (κ1) is 11.7. The van der Waals surface area contributed by atoms with Crippen LogP contribution in [0.1, 0.15) is 34.6 Å². The summed E-state index contributed by atoms with van der Waals surface area (Å²) in [7, 11) is 0.799. The van der Waals surface area contributed by atoms with E-state index in [1.54, 1.807) is 0 Å². The lowest BCUT2D eigenvalue weighted by atomic mass is 9.84. The highest BCUT2D eigenvalue weighted by Crippen LogP contribution is 2.35. The fraction of sp³-hybridized carbons (Fsp3) is 1.00. The first-order valence-electron chi connectivity index (χ1n) is 3.91. The fourth-order valence-corrected chi connectivity index (χ4v) is 1.91. The minimum Gasteiger partial charge on any atom is -0.422 e. The summed E-state index contributed by atoms with van der Waals surface area (Å²) >= 11 is 3.68. The Kier molecular flexibility index (Phi) is 3.80. The zero-order chi connectivity index (χ0) is 9.28. The van der Waals surface area contributed by atoms with E-state index in [-0.39, 0.29) is 11.0 Å². The highest BCUT2D eigenvalue weighted by molar-refractivity contribution is 9.09. The van der Waals surface area contributed by atoms with Gasteiger partial charge in [0.05, 0.1) is 5.60 Å². The summed E-state index contributed by atoms with van der Waals surface area (Å²) in [6.45, 7) is 10.9. The summed E-state index contributed by atoms with van der Waals surface area (Å²) in [5, 5.41) is 0. The van der Waals surface area contributed by atoms with Gasteiger partial charge < -0.3 is 4.43 Å². The summed E-state index contributed by atoms with van der Waals surface area (Å²) in [5.74, 6) is 0. The van der Waals surface area contributed by atoms with E-state index in [1.807, 2.05) is 0 Å². The van der Waals surface area contributed by atoms with E-state index in [4.69, 9.17) is 4.43 Å². The van der Waals surface area contributed by atoms with Crippen molar-refractivity contribution in [2.75, 3.05) is 0 Å². The van der Waals surface area contributed by atoms with Crippen LogP contribution in [0.4, 0.5) is 0 Å². The number of hydrogen-bond donors (Lipinski definition) is 0. The van der Waals surface area contributed by atoms with Gasteiger partial charge in [0.2, 0.25) is 0 Å². The molecule has 0 aliphatic rings. The average molecular weight is 239 g/mol. The average Bonchev–Trinajstić information content (AvgIpc) is 1.84. The molecule has 0 fully saturated rings. The molecule has 0 saturated heterocycles. The van der Waals surface area contributed by atoms with Crippen molar-refractivity contribution in [3.05, 3.63) is 0 Å². The van der Waals surface area contributed by atoms with Crippen LogP contribution < -0.4 is 0 Å². The van der Waals surface area contributed by atoms with E-state index < -0.39 is 0 Å². The molecular weight excluding hydrogens is 220 g/mol. The van der Waals surface area contributed by atoms with Crippen molar-refractivity contribution < 1.29 is 4.43 Å². The molecule has 3 heteroatoms. The van der Waals surface area contributed by atoms with Gasteiger partial charge >= 0.3 is 0 Å². The molecule has 0 aliphatic heterocycles. The van der Waals surface area contributed by atoms with Gasteiger partial charge in [-0.1, -0.05) is 36.7 Å². The number of alkyl halides is 1. The zero-order valence-corrected chi connectivity index (χ0v) is 11.9. The molecule has 1 atom stereocenters. The first-order valence-corrected chi connectivity index (χ1v) is 5.64. The lowest BCUT2D eigenvalue weighted by molar-refractivity contribution is 0.0842. The largest absolute Gasteiger partial charge is 0.422 e. The van der Waals surface area contributed by atoms with Gasteiger partial charge in [-0.3, -0.25) is 0 Å². The molecule has 0 N–H and O–H groups in total. The summed E-state index contributed by atoms with van der Waals surface area (Å²) in [6, 6.07) is 0. The number of halogens is 1. The van der Waals surface area contributed by atoms with Crippen molar-refractivity contribution in [2.45, 2.75) is 45.0 Å². The van der Waals surface area contributed by atoms with E-state index in [0.717, 1.165) is 10.5 Å². The maximum Gasteiger partial charge on any atom is 0.146 e. The molecule has 0 radical (unpaired) electrons. The second-order valence-electron chi connectivity index (χ2n) is 4.54. The van der Waals surface area contributed by atoms with Gasteiger partial charge in [0.15, 0.2) is 0 Å². The normalized spacial score (nSPS) is 16.9. The lowest BCUT2D eigenvalue weighted by Gasteiger charge is -2.38. The van der Waals surface area contributed by atoms with Crippen molar-refractivity contribution >= 4 is 26.4 Å². The van der Waals surface area contributed by atoms with Gasteiger partial charge in [-0.15, -0.1) is 0 Å². The Labute approximate surface area is 81.6 Å². The third-order valence-corrected chi connectivity index (χ3v) is 5.43. The minimum absolute atomic E-state index is 0.0372. The van der Waals surface area contributed by atoms with Crippen LogP contribution in [0.25, 0.3) is 0 Å². The predicted molar refractivity (Wildman–Crippen MR) is 57.3 cm³/mol. The van der Waals surface area contributed by atoms with Crippen LogP contribution in [0.3, 0.4) is 0 Å². The Hall–Kier alpha value is 0.657. The van der Waals surface area contributed by atoms with Crippen molar-refractivity contribution in [3.8, 4) is 0 Å². The van der Waals surface area contributed by atoms with Crippen LogP contribution in [-0.2, 0) is 4.43 Å². The Morgan fingerprint density at radius 2 is 1.55 bits per heavy atom. The molecule has 0 saturated carbocycles. The summed E-state index contributed by atoms with van der Waals surface area (Å²) in [5.41, 5.74) is 0.221. The molecule has 1 nitrogen and oxygen atoms in total. The van der Waals surface area contributed by atoms with E-state index in [1.165, 1.54) is 0 Å². The highest BCUT2D eigenvalue weighted by atomic mass is 79.9. The van der Waals surface area contributed by atoms with Crippen LogP contribution in [0.5, 0.6) is 0 Å². The molecule has 0 bridgehead atoms. The Bertz CT molecular complexity index is 129. The van der Waals surface area contributed by atoms with E-state index >= 15 is 0 Å². The first-order chi connectivity index (χ1) is 4.72. The quantitative estimate of drug-likeness (QED) is 0.528. The van der Waals surface area contributed by atoms with Crippen LogP contribution in [-0.4, -0.2) is 20.9 Å². The Morgan fingerprint density at radius 1 is 1.18 bits per heavy atom. The molecule has 0 aromatic carbocycles. The van der Waals surface area contributed by atoms with Gasteiger partial charge in [0, 0.05) is 4.83 Å². The maximum atomic E-state index is 5.52. The van der Waals surface area contributed by atoms with Crippen molar-refractivity contribution in [1.29, 1.82) is 0 Å². The van der Waals surface area contributed by atoms with Gasteiger partial charge in [0.1, 0.15) is 10.5 Å². The maximum absolute atomic E-state index is 5.52. The van der Waals surface area contributed by atoms with Crippen molar-refractivity contribution in [3.63, 3.8) is 0 Å². The van der Waals surface area contributed by atoms with Crippen molar-refractivity contribution in [1.82, 2.24) is 0 Å². The molecular formula is C8H19BrOSi. The molecule has 1 unspecified atom stereocenters. The monoisotopic (exact) mass is 238 g/mol. The Balaban J connectivity index is 4.35. The standard InChI is InChI=1S/C8H19BrOSi/c1-7(2,3)6(9)8(4,5)10-11/h6H,1-5,11H3. The molecule has 0 spiro atoms. The molecule has 0 aromatic heterocycles. The van der Waals surface area contributed by atoms with Gasteiger partial charge in [-0.2, -0.15) is 0 Å². The summed E-state index contributed by atoms with van der Waals surface area (Å²) in [4.78, 5) is 0.403. The second-order valence-corrected chi connectivity index (χ2v) is 5.86. The highest BCUT2D eigenvalue weighted by Gasteiger charge is 2.35. The SMILES string of the molecule is CC(C)(C)C(Br)C(C)(C)O[SiH3]. The second kappa shape index (κ2) is 3.58. The van der Waals surface area contributed by atoms with E-state index in [2.05, 4.69) is 50.5 Å². The molecule has 68 valence electrons. The smallest absolute Gasteiger partial charge is 0.146 e. The van der Waals surface area contributed by atoms with Crippen LogP contribution in [0.15, 0.2) is 0 Å². The van der Waals surface area contributed by atoms with Crippen LogP contribution in [0.2, 0.25) is 0 Å². The summed E-state index contributed by atoms with van der Waals surface area (Å²) < 4.78 is 5.52. The molecule has 0 heterocycles. The third-order valence-electron chi connectivity index (χ3n) is 1.90. The van der Waals surface area contributed by atoms with Crippen LogP contribution in [0, 0.1) is 5.41 Å².